The van der Waals surface area contributed by atoms with Crippen molar-refractivity contribution >= 4 is 49.0 Å². The van der Waals surface area contributed by atoms with Crippen LogP contribution in [0.4, 0.5) is 0 Å². The number of aliphatic carboxylic acids is 2. The van der Waals surface area contributed by atoms with E-state index in [1.165, 1.54) is 24.6 Å². The molecule has 0 aromatic carbocycles. The Balaban J connectivity index is 0. The molecule has 0 radical (unpaired) electrons. The van der Waals surface area contributed by atoms with Gasteiger partial charge in [0.25, 0.3) is 0 Å². The minimum atomic E-state index is -0.745. The summed E-state index contributed by atoms with van der Waals surface area (Å²) in [6.45, 7) is 5.48. The zero-order valence-corrected chi connectivity index (χ0v) is 15.6. The van der Waals surface area contributed by atoms with Crippen molar-refractivity contribution < 1.29 is 19.8 Å². The zero-order valence-electron chi connectivity index (χ0n) is 13.0. The molecule has 0 fully saturated rings. The summed E-state index contributed by atoms with van der Waals surface area (Å²) in [6.07, 6.45) is 4.60. The number of hydrogen-bond acceptors (Lipinski definition) is 5. The minimum Gasteiger partial charge on any atom is -0.481 e. The van der Waals surface area contributed by atoms with E-state index in [1.807, 2.05) is 0 Å². The normalized spacial score (nSPS) is 14.5. The fourth-order valence-corrected chi connectivity index (χ4v) is 2.91. The number of rotatable bonds is 10. The fraction of sp³-hybridized carbons (Fsp3) is 0.857. The predicted molar refractivity (Wildman–Crippen MR) is 97.2 cm³/mol. The Kier molecular flexibility index (Phi) is 16.5. The number of hydrogen-bond donors (Lipinski definition) is 4. The Hall–Kier alpha value is -0.0100. The van der Waals surface area contributed by atoms with E-state index in [4.69, 9.17) is 10.2 Å². The summed E-state index contributed by atoms with van der Waals surface area (Å²) < 4.78 is 0. The average molecular weight is 357 g/mol. The van der Waals surface area contributed by atoms with E-state index in [0.29, 0.717) is 5.25 Å². The molecule has 0 heterocycles. The third-order valence-corrected chi connectivity index (χ3v) is 5.37. The summed E-state index contributed by atoms with van der Waals surface area (Å²) in [5.74, 6) is -0.649. The Bertz CT molecular complexity index is 287. The number of carboxylic acids is 2. The summed E-state index contributed by atoms with van der Waals surface area (Å²) in [4.78, 5) is 20.0. The van der Waals surface area contributed by atoms with Crippen LogP contribution >= 0.6 is 37.0 Å². The summed E-state index contributed by atoms with van der Waals surface area (Å²) in [7, 11) is 0. The number of carboxylic acid groups (broad SMARTS) is 2. The van der Waals surface area contributed by atoms with Gasteiger partial charge in [0.2, 0.25) is 0 Å². The largest absolute Gasteiger partial charge is 0.481 e. The molecule has 21 heavy (non-hydrogen) atoms. The van der Waals surface area contributed by atoms with Crippen molar-refractivity contribution in [2.45, 2.75) is 68.6 Å². The highest BCUT2D eigenvalue weighted by molar-refractivity contribution is 8.00. The predicted octanol–water partition coefficient (Wildman–Crippen LogP) is 3.85. The fourth-order valence-electron chi connectivity index (χ4n) is 1.23. The lowest BCUT2D eigenvalue weighted by molar-refractivity contribution is -0.137. The first-order chi connectivity index (χ1) is 9.76. The van der Waals surface area contributed by atoms with Crippen molar-refractivity contribution in [1.82, 2.24) is 0 Å². The molecular weight excluding hydrogens is 328 g/mol. The Morgan fingerprint density at radius 1 is 1.10 bits per heavy atom. The third kappa shape index (κ3) is 16.2. The van der Waals surface area contributed by atoms with Gasteiger partial charge in [0.05, 0.1) is 5.25 Å². The van der Waals surface area contributed by atoms with Gasteiger partial charge in [-0.1, -0.05) is 26.7 Å². The highest BCUT2D eigenvalue weighted by Gasteiger charge is 2.15. The van der Waals surface area contributed by atoms with E-state index in [-0.39, 0.29) is 16.9 Å². The molecule has 4 nitrogen and oxygen atoms in total. The van der Waals surface area contributed by atoms with Crippen LogP contribution in [0.25, 0.3) is 0 Å². The van der Waals surface area contributed by atoms with Gasteiger partial charge in [0, 0.05) is 16.9 Å². The molecular formula is C14H28O4S3. The average Bonchev–Trinajstić information content (AvgIpc) is 2.44. The van der Waals surface area contributed by atoms with Crippen molar-refractivity contribution in [1.29, 1.82) is 0 Å². The molecule has 0 aliphatic carbocycles. The molecule has 3 atom stereocenters. The first-order valence-electron chi connectivity index (χ1n) is 7.18. The van der Waals surface area contributed by atoms with Gasteiger partial charge in [-0.05, 0) is 25.5 Å². The Morgan fingerprint density at radius 3 is 1.95 bits per heavy atom. The first kappa shape index (κ1) is 23.3. The number of thioether (sulfide) groups is 1. The van der Waals surface area contributed by atoms with Crippen LogP contribution in [0.3, 0.4) is 0 Å². The number of unbranched alkanes of at least 4 members (excludes halogenated alkanes) is 1. The minimum absolute atomic E-state index is 0.222. The molecule has 3 unspecified atom stereocenters. The maximum Gasteiger partial charge on any atom is 0.316 e. The highest BCUT2D eigenvalue weighted by atomic mass is 32.2. The highest BCUT2D eigenvalue weighted by Crippen LogP contribution is 2.22. The van der Waals surface area contributed by atoms with Crippen LogP contribution in [0.5, 0.6) is 0 Å². The van der Waals surface area contributed by atoms with Crippen LogP contribution < -0.4 is 0 Å². The van der Waals surface area contributed by atoms with E-state index in [9.17, 15) is 9.59 Å². The van der Waals surface area contributed by atoms with Crippen molar-refractivity contribution in [2.75, 3.05) is 5.75 Å². The molecule has 7 heteroatoms. The van der Waals surface area contributed by atoms with Crippen LogP contribution in [0, 0.1) is 0 Å². The second-order valence-corrected chi connectivity index (χ2v) is 7.44. The third-order valence-electron chi connectivity index (χ3n) is 2.73. The second kappa shape index (κ2) is 14.9. The molecule has 0 aromatic rings. The molecule has 2 N–H and O–H groups in total. The van der Waals surface area contributed by atoms with Gasteiger partial charge in [-0.15, -0.1) is 11.8 Å². The lowest BCUT2D eigenvalue weighted by Crippen LogP contribution is -2.18. The van der Waals surface area contributed by atoms with Crippen LogP contribution in [0.1, 0.15) is 52.9 Å². The molecule has 0 aliphatic heterocycles. The van der Waals surface area contributed by atoms with E-state index in [1.54, 1.807) is 13.8 Å². The smallest absolute Gasteiger partial charge is 0.316 e. The first-order valence-corrected chi connectivity index (χ1v) is 9.26. The van der Waals surface area contributed by atoms with Gasteiger partial charge in [-0.25, -0.2) is 0 Å². The van der Waals surface area contributed by atoms with Crippen LogP contribution in [0.15, 0.2) is 0 Å². The second-order valence-electron chi connectivity index (χ2n) is 4.66. The SMILES string of the molecule is CCC(=O)O.CCCCC(S)C(S)CCSC(C)C(=O)O. The molecule has 0 aliphatic rings. The van der Waals surface area contributed by atoms with Gasteiger partial charge < -0.3 is 10.2 Å². The summed E-state index contributed by atoms with van der Waals surface area (Å²) >= 11 is 10.5. The maximum absolute atomic E-state index is 10.6. The summed E-state index contributed by atoms with van der Waals surface area (Å²) in [6, 6.07) is 0. The van der Waals surface area contributed by atoms with Crippen molar-refractivity contribution in [3.63, 3.8) is 0 Å². The van der Waals surface area contributed by atoms with E-state index in [2.05, 4.69) is 32.2 Å². The molecule has 0 amide bonds. The topological polar surface area (TPSA) is 74.6 Å². The van der Waals surface area contributed by atoms with Crippen molar-refractivity contribution in [3.05, 3.63) is 0 Å². The van der Waals surface area contributed by atoms with E-state index >= 15 is 0 Å². The van der Waals surface area contributed by atoms with E-state index < -0.39 is 11.9 Å². The molecule has 0 aromatic heterocycles. The van der Waals surface area contributed by atoms with Gasteiger partial charge in [-0.2, -0.15) is 25.3 Å². The molecule has 0 spiro atoms. The number of carbonyl (C=O) groups is 2. The summed E-state index contributed by atoms with van der Waals surface area (Å²) in [5.41, 5.74) is 0. The number of thiol groups is 2. The monoisotopic (exact) mass is 356 g/mol. The quantitative estimate of drug-likeness (QED) is 0.447. The van der Waals surface area contributed by atoms with Crippen LogP contribution in [-0.4, -0.2) is 43.7 Å². The Morgan fingerprint density at radius 2 is 1.57 bits per heavy atom. The van der Waals surface area contributed by atoms with Crippen molar-refractivity contribution in [2.24, 2.45) is 0 Å². The molecule has 0 saturated heterocycles. The van der Waals surface area contributed by atoms with Gasteiger partial charge in [-0.3, -0.25) is 9.59 Å². The van der Waals surface area contributed by atoms with Crippen molar-refractivity contribution in [3.8, 4) is 0 Å². The molecule has 0 rings (SSSR count). The van der Waals surface area contributed by atoms with E-state index in [0.717, 1.165) is 18.6 Å². The van der Waals surface area contributed by atoms with Crippen LogP contribution in [-0.2, 0) is 9.59 Å². The summed E-state index contributed by atoms with van der Waals surface area (Å²) in [5, 5.41) is 16.7. The lowest BCUT2D eigenvalue weighted by Gasteiger charge is -2.18. The van der Waals surface area contributed by atoms with Crippen LogP contribution in [0.2, 0.25) is 0 Å². The maximum atomic E-state index is 10.6. The molecule has 126 valence electrons. The van der Waals surface area contributed by atoms with Gasteiger partial charge in [0.1, 0.15) is 0 Å². The lowest BCUT2D eigenvalue weighted by atomic mass is 10.1. The zero-order chi connectivity index (χ0) is 16.8. The van der Waals surface area contributed by atoms with Gasteiger partial charge in [0.15, 0.2) is 0 Å². The molecule has 0 bridgehead atoms. The molecule has 0 saturated carbocycles. The Labute approximate surface area is 143 Å². The standard InChI is InChI=1S/C11H22O2S3.C3H6O2/c1-3-4-5-9(14)10(15)6-7-16-8(2)11(12)13;1-2-3(4)5/h8-10,14-15H,3-7H2,1-2H3,(H,12,13);2H2,1H3,(H,4,5). The van der Waals surface area contributed by atoms with Gasteiger partial charge >= 0.3 is 11.9 Å².